The van der Waals surface area contributed by atoms with Crippen molar-refractivity contribution in [3.8, 4) is 0 Å². The fraction of sp³-hybridized carbons (Fsp3) is 0.143. The van der Waals surface area contributed by atoms with Gasteiger partial charge in [-0.05, 0) is 67.1 Å². The standard InChI is InChI=1S/C21H19N3OS/c1-13-8-9-16(10-14(13)2)22-21-23-20(25)19(26-21)12-17-11-15-6-4-5-7-18(15)24(17)3/h4-12H,1-3H3,(H,22,23,25). The first-order chi connectivity index (χ1) is 12.5. The number of fused-ring (bicyclic) bond motifs is 1. The summed E-state index contributed by atoms with van der Waals surface area (Å²) in [5.41, 5.74) is 5.41. The Kier molecular flexibility index (Phi) is 4.17. The molecule has 0 unspecified atom stereocenters. The number of amidine groups is 1. The second-order valence-corrected chi connectivity index (χ2v) is 7.47. The van der Waals surface area contributed by atoms with E-state index in [2.05, 4.69) is 46.9 Å². The van der Waals surface area contributed by atoms with Crippen LogP contribution in [0, 0.1) is 13.8 Å². The molecule has 0 radical (unpaired) electrons. The lowest BCUT2D eigenvalue weighted by atomic mass is 10.1. The van der Waals surface area contributed by atoms with E-state index < -0.39 is 0 Å². The van der Waals surface area contributed by atoms with Gasteiger partial charge in [-0.1, -0.05) is 24.3 Å². The molecule has 0 bridgehead atoms. The zero-order valence-electron chi connectivity index (χ0n) is 14.9. The average Bonchev–Trinajstić information content (AvgIpc) is 3.12. The van der Waals surface area contributed by atoms with Crippen LogP contribution in [0.1, 0.15) is 16.8 Å². The third kappa shape index (κ3) is 3.06. The monoisotopic (exact) mass is 361 g/mol. The first kappa shape index (κ1) is 16.7. The highest BCUT2D eigenvalue weighted by atomic mass is 32.2. The van der Waals surface area contributed by atoms with Gasteiger partial charge in [-0.3, -0.25) is 4.79 Å². The Bertz CT molecular complexity index is 1090. The molecule has 0 saturated carbocycles. The van der Waals surface area contributed by atoms with E-state index in [1.54, 1.807) is 0 Å². The molecule has 1 aliphatic rings. The maximum Gasteiger partial charge on any atom is 0.264 e. The van der Waals surface area contributed by atoms with Crippen molar-refractivity contribution in [3.05, 3.63) is 70.3 Å². The molecule has 26 heavy (non-hydrogen) atoms. The van der Waals surface area contributed by atoms with Crippen molar-refractivity contribution in [2.75, 3.05) is 0 Å². The normalized spacial score (nSPS) is 17.4. The Morgan fingerprint density at radius 2 is 1.88 bits per heavy atom. The van der Waals surface area contributed by atoms with E-state index in [0.717, 1.165) is 22.3 Å². The van der Waals surface area contributed by atoms with Crippen LogP contribution in [-0.2, 0) is 11.8 Å². The van der Waals surface area contributed by atoms with E-state index in [-0.39, 0.29) is 5.91 Å². The van der Waals surface area contributed by atoms with Gasteiger partial charge in [0.25, 0.3) is 5.91 Å². The van der Waals surface area contributed by atoms with Crippen LogP contribution in [0.5, 0.6) is 0 Å². The number of rotatable bonds is 2. The Morgan fingerprint density at radius 1 is 1.08 bits per heavy atom. The Morgan fingerprint density at radius 3 is 2.65 bits per heavy atom. The van der Waals surface area contributed by atoms with Crippen molar-refractivity contribution < 1.29 is 4.79 Å². The quantitative estimate of drug-likeness (QED) is 0.673. The predicted octanol–water partition coefficient (Wildman–Crippen LogP) is 4.69. The molecule has 1 aromatic heterocycles. The van der Waals surface area contributed by atoms with Gasteiger partial charge in [0.2, 0.25) is 0 Å². The van der Waals surface area contributed by atoms with Gasteiger partial charge in [-0.2, -0.15) is 0 Å². The summed E-state index contributed by atoms with van der Waals surface area (Å²) in [6, 6.07) is 16.3. The molecule has 1 amide bonds. The van der Waals surface area contributed by atoms with E-state index in [1.165, 1.54) is 22.9 Å². The molecular weight excluding hydrogens is 342 g/mol. The van der Waals surface area contributed by atoms with Crippen molar-refractivity contribution in [1.82, 2.24) is 9.88 Å². The van der Waals surface area contributed by atoms with Crippen LogP contribution in [-0.4, -0.2) is 15.6 Å². The molecule has 1 aliphatic heterocycles. The molecule has 4 nitrogen and oxygen atoms in total. The minimum atomic E-state index is -0.108. The number of hydrogen-bond acceptors (Lipinski definition) is 3. The van der Waals surface area contributed by atoms with Crippen LogP contribution in [0.15, 0.2) is 58.4 Å². The number of thioether (sulfide) groups is 1. The van der Waals surface area contributed by atoms with Gasteiger partial charge >= 0.3 is 0 Å². The zero-order valence-corrected chi connectivity index (χ0v) is 15.7. The van der Waals surface area contributed by atoms with E-state index in [0.29, 0.717) is 10.1 Å². The number of aliphatic imine (C=N–C) groups is 1. The highest BCUT2D eigenvalue weighted by Crippen LogP contribution is 2.30. The van der Waals surface area contributed by atoms with Crippen molar-refractivity contribution in [2.24, 2.45) is 12.0 Å². The van der Waals surface area contributed by atoms with Crippen LogP contribution in [0.3, 0.4) is 0 Å². The van der Waals surface area contributed by atoms with Gasteiger partial charge in [-0.15, -0.1) is 0 Å². The lowest BCUT2D eigenvalue weighted by Gasteiger charge is -2.01. The van der Waals surface area contributed by atoms with E-state index in [4.69, 9.17) is 0 Å². The van der Waals surface area contributed by atoms with Gasteiger partial charge in [-0.25, -0.2) is 4.99 Å². The highest BCUT2D eigenvalue weighted by Gasteiger charge is 2.24. The van der Waals surface area contributed by atoms with E-state index in [9.17, 15) is 4.79 Å². The molecule has 0 spiro atoms. The van der Waals surface area contributed by atoms with Crippen LogP contribution < -0.4 is 5.32 Å². The number of amides is 1. The minimum Gasteiger partial charge on any atom is -0.344 e. The molecule has 4 rings (SSSR count). The van der Waals surface area contributed by atoms with Gasteiger partial charge in [0.15, 0.2) is 5.17 Å². The van der Waals surface area contributed by atoms with E-state index in [1.807, 2.05) is 43.5 Å². The van der Waals surface area contributed by atoms with Crippen molar-refractivity contribution in [2.45, 2.75) is 13.8 Å². The van der Waals surface area contributed by atoms with Gasteiger partial charge < -0.3 is 9.88 Å². The Labute approximate surface area is 156 Å². The largest absolute Gasteiger partial charge is 0.344 e. The molecule has 2 heterocycles. The second-order valence-electron chi connectivity index (χ2n) is 6.44. The van der Waals surface area contributed by atoms with Gasteiger partial charge in [0.05, 0.1) is 10.6 Å². The fourth-order valence-electron chi connectivity index (χ4n) is 2.98. The number of hydrogen-bond donors (Lipinski definition) is 1. The number of para-hydroxylation sites is 1. The SMILES string of the molecule is Cc1ccc(N=C2NC(=O)C(=Cc3cc4ccccc4n3C)S2)cc1C. The smallest absolute Gasteiger partial charge is 0.264 e. The van der Waals surface area contributed by atoms with Crippen LogP contribution in [0.25, 0.3) is 17.0 Å². The summed E-state index contributed by atoms with van der Waals surface area (Å²) in [6.45, 7) is 4.13. The number of nitrogens with zero attached hydrogens (tertiary/aromatic N) is 2. The third-order valence-corrected chi connectivity index (χ3v) is 5.55. The number of aryl methyl sites for hydroxylation is 3. The molecular formula is C21H19N3OS. The Balaban J connectivity index is 1.64. The number of carbonyl (C=O) groups excluding carboxylic acids is 1. The summed E-state index contributed by atoms with van der Waals surface area (Å²) in [5, 5.41) is 4.63. The summed E-state index contributed by atoms with van der Waals surface area (Å²) in [4.78, 5) is 17.6. The maximum absolute atomic E-state index is 12.3. The third-order valence-electron chi connectivity index (χ3n) is 4.64. The number of carbonyl (C=O) groups is 1. The van der Waals surface area contributed by atoms with Gasteiger partial charge in [0.1, 0.15) is 0 Å². The summed E-state index contributed by atoms with van der Waals surface area (Å²) in [6.07, 6.45) is 1.92. The highest BCUT2D eigenvalue weighted by molar-refractivity contribution is 8.18. The number of benzene rings is 2. The Hall–Kier alpha value is -2.79. The summed E-state index contributed by atoms with van der Waals surface area (Å²) in [5.74, 6) is -0.108. The lowest BCUT2D eigenvalue weighted by Crippen LogP contribution is -2.19. The van der Waals surface area contributed by atoms with Crippen LogP contribution in [0.4, 0.5) is 5.69 Å². The van der Waals surface area contributed by atoms with Crippen LogP contribution >= 0.6 is 11.8 Å². The summed E-state index contributed by atoms with van der Waals surface area (Å²) in [7, 11) is 2.01. The van der Waals surface area contributed by atoms with Crippen molar-refractivity contribution in [1.29, 1.82) is 0 Å². The lowest BCUT2D eigenvalue weighted by molar-refractivity contribution is -0.115. The molecule has 2 aromatic carbocycles. The molecule has 0 atom stereocenters. The first-order valence-electron chi connectivity index (χ1n) is 8.42. The number of nitrogens with one attached hydrogen (secondary N) is 1. The molecule has 1 saturated heterocycles. The number of aromatic nitrogens is 1. The zero-order chi connectivity index (χ0) is 18.3. The first-order valence-corrected chi connectivity index (χ1v) is 9.24. The summed E-state index contributed by atoms with van der Waals surface area (Å²) < 4.78 is 2.09. The molecule has 3 aromatic rings. The van der Waals surface area contributed by atoms with Crippen molar-refractivity contribution in [3.63, 3.8) is 0 Å². The fourth-order valence-corrected chi connectivity index (χ4v) is 3.80. The average molecular weight is 361 g/mol. The van der Waals surface area contributed by atoms with Crippen molar-refractivity contribution >= 4 is 45.5 Å². The van der Waals surface area contributed by atoms with Crippen LogP contribution in [0.2, 0.25) is 0 Å². The second kappa shape index (κ2) is 6.50. The maximum atomic E-state index is 12.3. The molecule has 1 N–H and O–H groups in total. The van der Waals surface area contributed by atoms with Gasteiger partial charge in [0, 0.05) is 23.6 Å². The summed E-state index contributed by atoms with van der Waals surface area (Å²) >= 11 is 1.37. The van der Waals surface area contributed by atoms with E-state index >= 15 is 0 Å². The predicted molar refractivity (Wildman–Crippen MR) is 110 cm³/mol. The minimum absolute atomic E-state index is 0.108. The molecule has 1 fully saturated rings. The molecule has 5 heteroatoms. The topological polar surface area (TPSA) is 46.4 Å². The molecule has 130 valence electrons. The molecule has 0 aliphatic carbocycles.